The molecule has 0 bridgehead atoms. The summed E-state index contributed by atoms with van der Waals surface area (Å²) in [5.74, 6) is 0. The van der Waals surface area contributed by atoms with E-state index >= 15 is 0 Å². The van der Waals surface area contributed by atoms with Gasteiger partial charge in [-0.1, -0.05) is 87.5 Å². The molecule has 0 radical (unpaired) electrons. The molecular formula is C42H40NS+. The highest BCUT2D eigenvalue weighted by atomic mass is 32.1. The highest BCUT2D eigenvalue weighted by Gasteiger charge is 2.58. The van der Waals surface area contributed by atoms with Gasteiger partial charge < -0.3 is 0 Å². The molecule has 2 aromatic heterocycles. The first-order valence-electron chi connectivity index (χ1n) is 16.0. The number of hydrogen-bond donors (Lipinski definition) is 0. The highest BCUT2D eigenvalue weighted by Crippen LogP contribution is 2.51. The maximum atomic E-state index is 2.60. The Bertz CT molecular complexity index is 1930. The van der Waals surface area contributed by atoms with E-state index in [1.165, 1.54) is 60.6 Å². The lowest BCUT2D eigenvalue weighted by Gasteiger charge is -2.47. The molecule has 2 heteroatoms. The lowest BCUT2D eigenvalue weighted by Crippen LogP contribution is -2.68. The van der Waals surface area contributed by atoms with E-state index in [0.717, 1.165) is 19.3 Å². The summed E-state index contributed by atoms with van der Waals surface area (Å²) < 4.78 is 2.60. The lowest BCUT2D eigenvalue weighted by molar-refractivity contribution is -0.769. The number of rotatable bonds is 7. The van der Waals surface area contributed by atoms with Crippen LogP contribution in [0.25, 0.3) is 55.1 Å². The number of aromatic nitrogens is 1. The minimum atomic E-state index is 0.0430. The molecular weight excluding hydrogens is 551 g/mol. The van der Waals surface area contributed by atoms with Crippen LogP contribution in [0.4, 0.5) is 0 Å². The smallest absolute Gasteiger partial charge is 0.192 e. The predicted molar refractivity (Wildman–Crippen MR) is 188 cm³/mol. The van der Waals surface area contributed by atoms with Gasteiger partial charge in [0.2, 0.25) is 5.69 Å². The molecule has 0 spiro atoms. The molecule has 0 saturated carbocycles. The van der Waals surface area contributed by atoms with E-state index in [4.69, 9.17) is 0 Å². The number of pyridine rings is 1. The van der Waals surface area contributed by atoms with Crippen LogP contribution in [-0.4, -0.2) is 0 Å². The molecule has 3 heterocycles. The highest BCUT2D eigenvalue weighted by molar-refractivity contribution is 7.13. The molecule has 44 heavy (non-hydrogen) atoms. The SMILES string of the molecule is CCC1(C)c2ccc(-c3cccc(-c4cc(-c5ccccc5)cc(-c5cccs5)c4)c3)cc2-c2cccc[n+]2C1(CC)CC. The van der Waals surface area contributed by atoms with Gasteiger partial charge in [-0.15, -0.1) is 11.3 Å². The summed E-state index contributed by atoms with van der Waals surface area (Å²) in [6.45, 7) is 9.59. The van der Waals surface area contributed by atoms with Crippen molar-refractivity contribution in [2.24, 2.45) is 0 Å². The van der Waals surface area contributed by atoms with E-state index in [1.54, 1.807) is 11.3 Å². The summed E-state index contributed by atoms with van der Waals surface area (Å²) in [6.07, 6.45) is 5.63. The summed E-state index contributed by atoms with van der Waals surface area (Å²) in [5, 5.41) is 2.16. The van der Waals surface area contributed by atoms with Crippen molar-refractivity contribution < 1.29 is 4.57 Å². The molecule has 1 aliphatic heterocycles. The van der Waals surface area contributed by atoms with Gasteiger partial charge in [0.1, 0.15) is 0 Å². The second-order valence-electron chi connectivity index (χ2n) is 12.4. The van der Waals surface area contributed by atoms with E-state index in [2.05, 4.69) is 165 Å². The van der Waals surface area contributed by atoms with Crippen LogP contribution in [0.3, 0.4) is 0 Å². The number of thiophene rings is 1. The van der Waals surface area contributed by atoms with Crippen LogP contribution < -0.4 is 4.57 Å². The van der Waals surface area contributed by atoms with Gasteiger partial charge in [-0.25, -0.2) is 0 Å². The minimum Gasteiger partial charge on any atom is -0.192 e. The topological polar surface area (TPSA) is 3.88 Å². The van der Waals surface area contributed by atoms with Gasteiger partial charge in [0.25, 0.3) is 0 Å². The van der Waals surface area contributed by atoms with Crippen molar-refractivity contribution in [3.8, 4) is 55.1 Å². The van der Waals surface area contributed by atoms with Gasteiger partial charge in [0.05, 0.1) is 11.0 Å². The van der Waals surface area contributed by atoms with E-state index < -0.39 is 0 Å². The van der Waals surface area contributed by atoms with Crippen molar-refractivity contribution in [1.82, 2.24) is 0 Å². The molecule has 6 aromatic rings. The zero-order valence-electron chi connectivity index (χ0n) is 26.2. The van der Waals surface area contributed by atoms with Crippen molar-refractivity contribution in [2.45, 2.75) is 57.9 Å². The summed E-state index contributed by atoms with van der Waals surface area (Å²) in [4.78, 5) is 1.29. The Hall–Kier alpha value is -4.27. The summed E-state index contributed by atoms with van der Waals surface area (Å²) in [6, 6.07) is 45.1. The van der Waals surface area contributed by atoms with Crippen molar-refractivity contribution >= 4 is 11.3 Å². The van der Waals surface area contributed by atoms with E-state index in [9.17, 15) is 0 Å². The molecule has 1 nitrogen and oxygen atoms in total. The van der Waals surface area contributed by atoms with E-state index in [0.29, 0.717) is 0 Å². The fourth-order valence-electron chi connectivity index (χ4n) is 7.91. The Morgan fingerprint density at radius 3 is 1.89 bits per heavy atom. The van der Waals surface area contributed by atoms with Gasteiger partial charge in [0, 0.05) is 29.9 Å². The molecule has 1 atom stereocenters. The van der Waals surface area contributed by atoms with Crippen LogP contribution in [0.1, 0.15) is 52.5 Å². The fraction of sp³-hybridized carbons (Fsp3) is 0.214. The quantitative estimate of drug-likeness (QED) is 0.163. The number of fused-ring (bicyclic) bond motifs is 3. The summed E-state index contributed by atoms with van der Waals surface area (Å²) in [5.41, 5.74) is 13.0. The molecule has 0 saturated heterocycles. The Morgan fingerprint density at radius 2 is 1.18 bits per heavy atom. The Kier molecular flexibility index (Phi) is 7.34. The first-order chi connectivity index (χ1) is 21.5. The molecule has 0 fully saturated rings. The van der Waals surface area contributed by atoms with E-state index in [-0.39, 0.29) is 11.0 Å². The van der Waals surface area contributed by atoms with Crippen molar-refractivity contribution in [2.75, 3.05) is 0 Å². The third-order valence-corrected chi connectivity index (χ3v) is 11.4. The van der Waals surface area contributed by atoms with Crippen molar-refractivity contribution in [3.05, 3.63) is 138 Å². The summed E-state index contributed by atoms with van der Waals surface area (Å²) >= 11 is 1.79. The number of benzene rings is 4. The van der Waals surface area contributed by atoms with Gasteiger partial charge in [-0.3, -0.25) is 0 Å². The lowest BCUT2D eigenvalue weighted by atomic mass is 9.58. The first kappa shape index (κ1) is 28.5. The van der Waals surface area contributed by atoms with Gasteiger partial charge in [-0.05, 0) is 106 Å². The Morgan fingerprint density at radius 1 is 0.545 bits per heavy atom. The molecule has 1 aliphatic rings. The Labute approximate surface area is 266 Å². The van der Waals surface area contributed by atoms with Crippen LogP contribution in [0.2, 0.25) is 0 Å². The molecule has 0 amide bonds. The zero-order chi connectivity index (χ0) is 30.3. The second-order valence-corrected chi connectivity index (χ2v) is 13.3. The van der Waals surface area contributed by atoms with Gasteiger partial charge in [-0.2, -0.15) is 4.57 Å². The van der Waals surface area contributed by atoms with Gasteiger partial charge in [0.15, 0.2) is 11.7 Å². The van der Waals surface area contributed by atoms with Crippen LogP contribution in [0.5, 0.6) is 0 Å². The second kappa shape index (κ2) is 11.3. The molecule has 1 unspecified atom stereocenters. The standard InChI is InChI=1S/C42H40NS/c1-5-41(4)38-22-21-33(29-37(38)39-19-11-12-23-43(39)42(41,6-2)7-3)31-17-13-18-32(25-31)35-26-34(30-15-9-8-10-16-30)27-36(28-35)40-20-14-24-44-40/h8-29H,5-7H2,1-4H3/q+1. The fourth-order valence-corrected chi connectivity index (χ4v) is 8.63. The largest absolute Gasteiger partial charge is 0.213 e. The number of nitrogens with zero attached hydrogens (tertiary/aromatic N) is 1. The van der Waals surface area contributed by atoms with Crippen LogP contribution in [0.15, 0.2) is 133 Å². The van der Waals surface area contributed by atoms with Crippen LogP contribution in [0, 0.1) is 0 Å². The van der Waals surface area contributed by atoms with Crippen molar-refractivity contribution in [1.29, 1.82) is 0 Å². The molecule has 4 aromatic carbocycles. The average molecular weight is 591 g/mol. The molecule has 0 N–H and O–H groups in total. The van der Waals surface area contributed by atoms with Crippen LogP contribution in [-0.2, 0) is 11.0 Å². The monoisotopic (exact) mass is 590 g/mol. The summed E-state index contributed by atoms with van der Waals surface area (Å²) in [7, 11) is 0. The first-order valence-corrected chi connectivity index (χ1v) is 16.9. The van der Waals surface area contributed by atoms with Crippen molar-refractivity contribution in [3.63, 3.8) is 0 Å². The number of hydrogen-bond acceptors (Lipinski definition) is 1. The average Bonchev–Trinajstić information content (AvgIpc) is 3.64. The Balaban J connectivity index is 1.36. The van der Waals surface area contributed by atoms with E-state index in [1.807, 2.05) is 0 Å². The molecule has 7 rings (SSSR count). The molecule has 218 valence electrons. The maximum absolute atomic E-state index is 2.60. The molecule has 0 aliphatic carbocycles. The van der Waals surface area contributed by atoms with Gasteiger partial charge >= 0.3 is 0 Å². The minimum absolute atomic E-state index is 0.0430. The third kappa shape index (κ3) is 4.47. The maximum Gasteiger partial charge on any atom is 0.213 e. The zero-order valence-corrected chi connectivity index (χ0v) is 27.0. The third-order valence-electron chi connectivity index (χ3n) is 10.5. The normalized spacial score (nSPS) is 16.7. The van der Waals surface area contributed by atoms with Crippen LogP contribution >= 0.6 is 11.3 Å². The predicted octanol–water partition coefficient (Wildman–Crippen LogP) is 11.6.